The fraction of sp³-hybridized carbons (Fsp3) is 0.0625. The lowest BCUT2D eigenvalue weighted by Crippen LogP contribution is -2.30. The lowest BCUT2D eigenvalue weighted by molar-refractivity contribution is 0.415. The summed E-state index contributed by atoms with van der Waals surface area (Å²) < 4.78 is 10.6. The normalized spacial score (nSPS) is 16.6. The Labute approximate surface area is 237 Å². The van der Waals surface area contributed by atoms with Crippen molar-refractivity contribution in [2.45, 2.75) is 0 Å². The van der Waals surface area contributed by atoms with Gasteiger partial charge in [0.1, 0.15) is 16.5 Å². The van der Waals surface area contributed by atoms with Crippen molar-refractivity contribution in [3.8, 4) is 11.5 Å². The van der Waals surface area contributed by atoms with Crippen LogP contribution in [0.4, 0.5) is 17.1 Å². The van der Waals surface area contributed by atoms with Crippen LogP contribution >= 0.6 is 11.8 Å². The second-order valence-corrected chi connectivity index (χ2v) is 9.39. The van der Waals surface area contributed by atoms with Crippen LogP contribution in [-0.2, 0) is 0 Å². The van der Waals surface area contributed by atoms with E-state index in [9.17, 15) is 0 Å². The Morgan fingerprint density at radius 2 is 1.25 bits per heavy atom. The van der Waals surface area contributed by atoms with E-state index < -0.39 is 0 Å². The third-order valence-corrected chi connectivity index (χ3v) is 6.71. The summed E-state index contributed by atoms with van der Waals surface area (Å²) in [6.07, 6.45) is 5.51. The van der Waals surface area contributed by atoms with Crippen molar-refractivity contribution < 1.29 is 9.47 Å². The fourth-order valence-electron chi connectivity index (χ4n) is 3.80. The van der Waals surface area contributed by atoms with Gasteiger partial charge in [-0.05, 0) is 84.1 Å². The molecule has 0 aliphatic carbocycles. The van der Waals surface area contributed by atoms with Gasteiger partial charge in [0.15, 0.2) is 5.84 Å². The zero-order chi connectivity index (χ0) is 27.6. The molecule has 1 heterocycles. The molecule has 8 heteroatoms. The number of nitrogens with zero attached hydrogens (tertiary/aromatic N) is 5. The monoisotopic (exact) mass is 545 g/mol. The Morgan fingerprint density at radius 1 is 0.675 bits per heavy atom. The Hall–Kier alpha value is -4.95. The number of amidine groups is 2. The summed E-state index contributed by atoms with van der Waals surface area (Å²) in [7, 11) is 3.28. The molecule has 1 aliphatic heterocycles. The minimum absolute atomic E-state index is 0.634. The number of ether oxygens (including phenoxy) is 2. The maximum Gasteiger partial charge on any atom is 0.202 e. The van der Waals surface area contributed by atoms with Crippen molar-refractivity contribution in [1.82, 2.24) is 0 Å². The number of hydrogen-bond acceptors (Lipinski definition) is 7. The number of hydrogen-bond donors (Lipinski definition) is 0. The molecule has 0 atom stereocenters. The highest BCUT2D eigenvalue weighted by Gasteiger charge is 2.34. The SMILES string of the molecule is COc1ccc(N=C2SC(=NN=CC=Cc3ccccc3)N(c3ccccc3)C2=Nc2ccc(OC)cc2)cc1. The van der Waals surface area contributed by atoms with E-state index in [-0.39, 0.29) is 0 Å². The van der Waals surface area contributed by atoms with Crippen molar-refractivity contribution in [1.29, 1.82) is 0 Å². The van der Waals surface area contributed by atoms with Crippen LogP contribution in [0.2, 0.25) is 0 Å². The molecule has 0 N–H and O–H groups in total. The highest BCUT2D eigenvalue weighted by Crippen LogP contribution is 2.33. The summed E-state index contributed by atoms with van der Waals surface area (Å²) in [5, 5.41) is 10.2. The molecular weight excluding hydrogens is 518 g/mol. The fourth-order valence-corrected chi connectivity index (χ4v) is 4.73. The predicted molar refractivity (Wildman–Crippen MR) is 168 cm³/mol. The van der Waals surface area contributed by atoms with E-state index in [1.54, 1.807) is 20.4 Å². The summed E-state index contributed by atoms with van der Waals surface area (Å²) in [6.45, 7) is 0. The van der Waals surface area contributed by atoms with E-state index in [0.29, 0.717) is 16.0 Å². The first-order valence-corrected chi connectivity index (χ1v) is 13.4. The highest BCUT2D eigenvalue weighted by atomic mass is 32.2. The molecule has 4 aromatic rings. The lowest BCUT2D eigenvalue weighted by atomic mass is 10.2. The van der Waals surface area contributed by atoms with Crippen molar-refractivity contribution in [2.24, 2.45) is 20.2 Å². The second-order valence-electron chi connectivity index (χ2n) is 8.44. The van der Waals surface area contributed by atoms with Crippen molar-refractivity contribution in [3.63, 3.8) is 0 Å². The van der Waals surface area contributed by atoms with E-state index in [4.69, 9.17) is 19.5 Å². The van der Waals surface area contributed by atoms with Gasteiger partial charge >= 0.3 is 0 Å². The average Bonchev–Trinajstić information content (AvgIpc) is 3.34. The lowest BCUT2D eigenvalue weighted by Gasteiger charge is -2.17. The molecule has 198 valence electrons. The van der Waals surface area contributed by atoms with Gasteiger partial charge in [0, 0.05) is 11.9 Å². The van der Waals surface area contributed by atoms with Crippen LogP contribution in [0.5, 0.6) is 11.5 Å². The van der Waals surface area contributed by atoms with Crippen LogP contribution < -0.4 is 14.4 Å². The number of allylic oxidation sites excluding steroid dienone is 1. The largest absolute Gasteiger partial charge is 0.497 e. The van der Waals surface area contributed by atoms with Crippen LogP contribution in [0.25, 0.3) is 6.08 Å². The molecule has 0 spiro atoms. The van der Waals surface area contributed by atoms with Crippen molar-refractivity contribution in [2.75, 3.05) is 19.1 Å². The standard InChI is InChI=1S/C32H27N5O2S/c1-38-28-19-15-25(16-20-28)34-30-31(35-26-17-21-29(39-2)22-18-26)40-32(37(30)27-13-7-4-8-14-27)36-33-23-9-12-24-10-5-3-6-11-24/h3-23H,1-2H3. The van der Waals surface area contributed by atoms with Gasteiger partial charge in [0.2, 0.25) is 5.17 Å². The van der Waals surface area contributed by atoms with Crippen LogP contribution in [0.1, 0.15) is 5.56 Å². The van der Waals surface area contributed by atoms with E-state index >= 15 is 0 Å². The zero-order valence-electron chi connectivity index (χ0n) is 22.1. The van der Waals surface area contributed by atoms with E-state index in [1.165, 1.54) is 11.8 Å². The highest BCUT2D eigenvalue weighted by molar-refractivity contribution is 8.29. The summed E-state index contributed by atoms with van der Waals surface area (Å²) in [6, 6.07) is 35.2. The first-order valence-electron chi connectivity index (χ1n) is 12.5. The van der Waals surface area contributed by atoms with Gasteiger partial charge in [-0.15, -0.1) is 5.10 Å². The predicted octanol–water partition coefficient (Wildman–Crippen LogP) is 7.77. The molecule has 0 bridgehead atoms. The van der Waals surface area contributed by atoms with Gasteiger partial charge in [0.05, 0.1) is 25.6 Å². The number of para-hydroxylation sites is 1. The third-order valence-electron chi connectivity index (χ3n) is 5.79. The first kappa shape index (κ1) is 26.6. The van der Waals surface area contributed by atoms with Gasteiger partial charge in [-0.2, -0.15) is 5.10 Å². The minimum atomic E-state index is 0.634. The van der Waals surface area contributed by atoms with Gasteiger partial charge < -0.3 is 9.47 Å². The molecule has 5 rings (SSSR count). The third kappa shape index (κ3) is 6.73. The Kier molecular flexibility index (Phi) is 8.80. The Balaban J connectivity index is 1.56. The molecule has 1 aliphatic rings. The van der Waals surface area contributed by atoms with Gasteiger partial charge in [-0.1, -0.05) is 54.6 Å². The smallest absolute Gasteiger partial charge is 0.202 e. The molecule has 0 radical (unpaired) electrons. The number of benzene rings is 4. The van der Waals surface area contributed by atoms with Crippen molar-refractivity contribution >= 4 is 57.2 Å². The zero-order valence-corrected chi connectivity index (χ0v) is 22.9. The van der Waals surface area contributed by atoms with E-state index in [0.717, 1.165) is 34.1 Å². The summed E-state index contributed by atoms with van der Waals surface area (Å²) in [4.78, 5) is 11.9. The molecule has 0 unspecified atom stereocenters. The van der Waals surface area contributed by atoms with E-state index in [1.807, 2.05) is 126 Å². The maximum atomic E-state index is 5.32. The number of aliphatic imine (C=N–C) groups is 2. The summed E-state index contributed by atoms with van der Waals surface area (Å²) in [5.74, 6) is 2.17. The molecule has 4 aromatic carbocycles. The van der Waals surface area contributed by atoms with E-state index in [2.05, 4.69) is 10.2 Å². The molecule has 0 aromatic heterocycles. The van der Waals surface area contributed by atoms with Crippen LogP contribution in [0.3, 0.4) is 0 Å². The maximum absolute atomic E-state index is 5.32. The molecular formula is C32H27N5O2S. The molecule has 40 heavy (non-hydrogen) atoms. The number of methoxy groups -OCH3 is 2. The molecule has 1 saturated heterocycles. The summed E-state index contributed by atoms with van der Waals surface area (Å²) >= 11 is 1.41. The molecule has 1 fully saturated rings. The molecule has 0 amide bonds. The number of anilines is 1. The first-order chi connectivity index (χ1) is 19.7. The van der Waals surface area contributed by atoms with Gasteiger partial charge in [-0.25, -0.2) is 9.98 Å². The Bertz CT molecular complexity index is 1560. The van der Waals surface area contributed by atoms with Crippen LogP contribution in [0, 0.1) is 0 Å². The van der Waals surface area contributed by atoms with Crippen LogP contribution in [0.15, 0.2) is 135 Å². The van der Waals surface area contributed by atoms with Gasteiger partial charge in [-0.3, -0.25) is 4.90 Å². The molecule has 7 nitrogen and oxygen atoms in total. The molecule has 0 saturated carbocycles. The number of thioether (sulfide) groups is 1. The average molecular weight is 546 g/mol. The van der Waals surface area contributed by atoms with Gasteiger partial charge in [0.25, 0.3) is 0 Å². The quantitative estimate of drug-likeness (QED) is 0.167. The van der Waals surface area contributed by atoms with Crippen molar-refractivity contribution in [3.05, 3.63) is 121 Å². The summed E-state index contributed by atoms with van der Waals surface area (Å²) in [5.41, 5.74) is 3.52. The Morgan fingerprint density at radius 3 is 1.85 bits per heavy atom. The van der Waals surface area contributed by atoms with Crippen LogP contribution in [-0.4, -0.2) is 36.5 Å². The minimum Gasteiger partial charge on any atom is -0.497 e. The topological polar surface area (TPSA) is 71.1 Å². The second kappa shape index (κ2) is 13.2. The number of rotatable bonds is 8.